The van der Waals surface area contributed by atoms with Crippen molar-refractivity contribution in [1.82, 2.24) is 4.57 Å². The quantitative estimate of drug-likeness (QED) is 0.175. The summed E-state index contributed by atoms with van der Waals surface area (Å²) in [5.74, 6) is 0. The van der Waals surface area contributed by atoms with E-state index in [0.717, 1.165) is 18.7 Å². The molecule has 68 heavy (non-hydrogen) atoms. The minimum atomic E-state index is -0.272. The van der Waals surface area contributed by atoms with Gasteiger partial charge in [0.2, 0.25) is 0 Å². The lowest BCUT2D eigenvalue weighted by atomic mass is 9.57. The lowest BCUT2D eigenvalue weighted by Crippen LogP contribution is -2.38. The maximum absolute atomic E-state index is 4.11. The molecule has 0 saturated carbocycles. The fourth-order valence-electron chi connectivity index (χ4n) is 13.0. The van der Waals surface area contributed by atoms with Crippen LogP contribution in [0.4, 0.5) is 11.4 Å². The largest absolute Gasteiger partial charge is 0.355 e. The second-order valence-corrected chi connectivity index (χ2v) is 25.4. The number of nitrogens with one attached hydrogen (secondary N) is 1. The van der Waals surface area contributed by atoms with Crippen molar-refractivity contribution in [2.75, 3.05) is 5.32 Å². The molecule has 0 saturated heterocycles. The summed E-state index contributed by atoms with van der Waals surface area (Å²) in [7, 11) is 0.849. The number of anilines is 2. The number of fused-ring (bicyclic) bond motifs is 16. The Bertz CT molecular complexity index is 4030. The van der Waals surface area contributed by atoms with E-state index < -0.39 is 0 Å². The minimum Gasteiger partial charge on any atom is -0.355 e. The molecule has 1 N–H and O–H groups in total. The van der Waals surface area contributed by atoms with Gasteiger partial charge in [0.15, 0.2) is 7.28 Å². The van der Waals surface area contributed by atoms with Crippen LogP contribution in [0.3, 0.4) is 0 Å². The van der Waals surface area contributed by atoms with Gasteiger partial charge in [0.25, 0.3) is 0 Å². The van der Waals surface area contributed by atoms with Gasteiger partial charge in [-0.1, -0.05) is 141 Å². The minimum absolute atomic E-state index is 0.0661. The van der Waals surface area contributed by atoms with E-state index in [1.54, 1.807) is 0 Å². The fourth-order valence-corrected chi connectivity index (χ4v) is 15.3. The molecule has 8 aromatic carbocycles. The van der Waals surface area contributed by atoms with Crippen LogP contribution < -0.4 is 16.2 Å². The first-order valence-corrected chi connectivity index (χ1v) is 26.3. The van der Waals surface area contributed by atoms with E-state index in [9.17, 15) is 0 Å². The first kappa shape index (κ1) is 40.9. The fraction of sp³-hybridized carbons (Fsp3) is 0.238. The van der Waals surface area contributed by atoms with Gasteiger partial charge < -0.3 is 9.88 Å². The van der Waals surface area contributed by atoms with Crippen LogP contribution in [-0.4, -0.2) is 11.8 Å². The highest BCUT2D eigenvalue weighted by Crippen LogP contribution is 2.59. The number of benzene rings is 8. The Balaban J connectivity index is 1.18. The second-order valence-electron chi connectivity index (χ2n) is 23.2. The third-order valence-corrected chi connectivity index (χ3v) is 19.0. The molecule has 0 amide bonds. The number of hydrogen-bond acceptors (Lipinski definition) is 3. The Morgan fingerprint density at radius 2 is 1.18 bits per heavy atom. The Morgan fingerprint density at radius 3 is 1.87 bits per heavy atom. The molecule has 5 heteroatoms. The van der Waals surface area contributed by atoms with Crippen molar-refractivity contribution >= 4 is 114 Å². The third-order valence-electron chi connectivity index (χ3n) is 16.8. The Morgan fingerprint density at radius 1 is 0.559 bits per heavy atom. The van der Waals surface area contributed by atoms with E-state index in [2.05, 4.69) is 206 Å². The van der Waals surface area contributed by atoms with Gasteiger partial charge in [0, 0.05) is 84.7 Å². The molecule has 0 spiro atoms. The molecular weight excluding hydrogens is 860 g/mol. The molecule has 3 aliphatic rings. The molecule has 1 aliphatic heterocycles. The molecular formula is C63H55BN2S2. The highest BCUT2D eigenvalue weighted by atomic mass is 32.1. The standard InChI is InChI=1S/C63H55BN2S2/c1-60(2,3)34-22-24-35(25-23-34)65-47-29-39-36-16-11-14-20-50(36)67-52(39)31-41(47)56-57-54(38-18-10-13-19-43(38)63(57,8)9)55-42-28-44-45(62(6,7)27-26-61(44,4)5)32-48(42)66-49-30-40-37-17-12-15-21-51(37)68-53(40)33-46(49)64-58(56)59(55)66/h10-25,28-33,64-65H,26-27H2,1-9H3. The molecule has 14 rings (SSSR count). The molecule has 0 fully saturated rings. The second kappa shape index (κ2) is 13.6. The molecule has 3 aromatic heterocycles. The van der Waals surface area contributed by atoms with E-state index in [1.165, 1.54) is 142 Å². The van der Waals surface area contributed by atoms with Crippen LogP contribution in [-0.2, 0) is 21.7 Å². The van der Waals surface area contributed by atoms with Crippen molar-refractivity contribution in [2.24, 2.45) is 0 Å². The van der Waals surface area contributed by atoms with Crippen LogP contribution in [0.5, 0.6) is 0 Å². The summed E-state index contributed by atoms with van der Waals surface area (Å²) in [5, 5.41) is 12.2. The van der Waals surface area contributed by atoms with Crippen molar-refractivity contribution in [3.8, 4) is 27.9 Å². The molecule has 0 unspecified atom stereocenters. The zero-order chi connectivity index (χ0) is 46.4. The van der Waals surface area contributed by atoms with Gasteiger partial charge in [0.1, 0.15) is 0 Å². The predicted octanol–water partition coefficient (Wildman–Crippen LogP) is 16.6. The van der Waals surface area contributed by atoms with Crippen molar-refractivity contribution < 1.29 is 0 Å². The molecule has 2 nitrogen and oxygen atoms in total. The number of hydrogen-bond donors (Lipinski definition) is 1. The summed E-state index contributed by atoms with van der Waals surface area (Å²) in [6.45, 7) is 21.8. The summed E-state index contributed by atoms with van der Waals surface area (Å²) < 4.78 is 8.11. The van der Waals surface area contributed by atoms with Crippen LogP contribution in [0.15, 0.2) is 133 Å². The van der Waals surface area contributed by atoms with E-state index >= 15 is 0 Å². The van der Waals surface area contributed by atoms with Crippen molar-refractivity contribution in [1.29, 1.82) is 0 Å². The average molecular weight is 915 g/mol. The van der Waals surface area contributed by atoms with Gasteiger partial charge >= 0.3 is 0 Å². The predicted molar refractivity (Wildman–Crippen MR) is 300 cm³/mol. The van der Waals surface area contributed by atoms with Crippen molar-refractivity contribution in [3.05, 3.63) is 161 Å². The highest BCUT2D eigenvalue weighted by molar-refractivity contribution is 7.26. The number of thiophene rings is 2. The van der Waals surface area contributed by atoms with Gasteiger partial charge in [-0.3, -0.25) is 0 Å². The third kappa shape index (κ3) is 5.52. The Kier molecular flexibility index (Phi) is 8.15. The van der Waals surface area contributed by atoms with Crippen LogP contribution >= 0.6 is 22.7 Å². The van der Waals surface area contributed by atoms with Crippen LogP contribution in [0, 0.1) is 0 Å². The van der Waals surface area contributed by atoms with E-state index in [0.29, 0.717) is 0 Å². The molecule has 4 heterocycles. The number of aromatic nitrogens is 1. The summed E-state index contributed by atoms with van der Waals surface area (Å²) in [6.07, 6.45) is 2.36. The SMILES string of the molecule is CC(C)(C)c1ccc(Nc2cc3c(cc2-c2c4c(c5c6cc7c(cc6n6c5c2Bc2cc5sc8ccccc8c5cc2-6)C(C)(C)CCC7(C)C)-c2ccccc2C4(C)C)sc2ccccc23)cc1. The van der Waals surface area contributed by atoms with Gasteiger partial charge in [-0.25, -0.2) is 0 Å². The Hall–Kier alpha value is -6.14. The lowest BCUT2D eigenvalue weighted by Gasteiger charge is -2.42. The normalized spacial score (nSPS) is 16.4. The Labute approximate surface area is 407 Å². The number of nitrogens with zero attached hydrogens (tertiary/aromatic N) is 1. The molecule has 0 atom stereocenters. The molecule has 2 aliphatic carbocycles. The van der Waals surface area contributed by atoms with Crippen molar-refractivity contribution in [3.63, 3.8) is 0 Å². The zero-order valence-electron chi connectivity index (χ0n) is 40.6. The highest BCUT2D eigenvalue weighted by Gasteiger charge is 2.44. The smallest absolute Gasteiger partial charge is 0.198 e. The summed E-state index contributed by atoms with van der Waals surface area (Å²) in [5.41, 5.74) is 21.8. The summed E-state index contributed by atoms with van der Waals surface area (Å²) in [6, 6.07) is 52.0. The van der Waals surface area contributed by atoms with Gasteiger partial charge in [-0.15, -0.1) is 22.7 Å². The zero-order valence-corrected chi connectivity index (χ0v) is 42.2. The lowest BCUT2D eigenvalue weighted by molar-refractivity contribution is 0.332. The molecule has 0 bridgehead atoms. The van der Waals surface area contributed by atoms with Crippen LogP contribution in [0.25, 0.3) is 90.1 Å². The topological polar surface area (TPSA) is 17.0 Å². The molecule has 332 valence electrons. The van der Waals surface area contributed by atoms with Gasteiger partial charge in [-0.05, 0) is 140 Å². The van der Waals surface area contributed by atoms with Gasteiger partial charge in [-0.2, -0.15) is 0 Å². The van der Waals surface area contributed by atoms with E-state index in [-0.39, 0.29) is 21.7 Å². The van der Waals surface area contributed by atoms with Crippen molar-refractivity contribution in [2.45, 2.75) is 96.8 Å². The van der Waals surface area contributed by atoms with Gasteiger partial charge in [0.05, 0.1) is 5.52 Å². The first-order valence-electron chi connectivity index (χ1n) is 24.7. The molecule has 0 radical (unpaired) electrons. The van der Waals surface area contributed by atoms with E-state index in [1.807, 2.05) is 22.7 Å². The summed E-state index contributed by atoms with van der Waals surface area (Å²) >= 11 is 3.86. The molecule has 11 aromatic rings. The monoisotopic (exact) mass is 914 g/mol. The number of rotatable bonds is 3. The van der Waals surface area contributed by atoms with E-state index in [4.69, 9.17) is 0 Å². The maximum Gasteiger partial charge on any atom is 0.198 e. The summed E-state index contributed by atoms with van der Waals surface area (Å²) in [4.78, 5) is 0. The average Bonchev–Trinajstić information content (AvgIpc) is 4.03. The maximum atomic E-state index is 4.11. The van der Waals surface area contributed by atoms with Crippen LogP contribution in [0.1, 0.15) is 103 Å². The first-order chi connectivity index (χ1) is 32.6. The van der Waals surface area contributed by atoms with Crippen LogP contribution in [0.2, 0.25) is 0 Å².